The van der Waals surface area contributed by atoms with Gasteiger partial charge in [0.25, 0.3) is 0 Å². The number of hydrogen-bond acceptors (Lipinski definition) is 4. The fourth-order valence-electron chi connectivity index (χ4n) is 1.88. The van der Waals surface area contributed by atoms with Crippen LogP contribution in [0.2, 0.25) is 0 Å². The first-order valence-corrected chi connectivity index (χ1v) is 7.57. The molecular weight excluding hydrogens is 226 g/mol. The van der Waals surface area contributed by atoms with E-state index >= 15 is 0 Å². The Morgan fingerprint density at radius 2 is 1.88 bits per heavy atom. The Morgan fingerprint density at radius 3 is 2.31 bits per heavy atom. The molecule has 1 N–H and O–H groups in total. The van der Waals surface area contributed by atoms with Crippen molar-refractivity contribution in [1.29, 1.82) is 0 Å². The molecule has 1 heterocycles. The van der Waals surface area contributed by atoms with E-state index in [-0.39, 0.29) is 0 Å². The van der Waals surface area contributed by atoms with E-state index in [0.717, 1.165) is 25.9 Å². The molecule has 1 aliphatic rings. The predicted molar refractivity (Wildman–Crippen MR) is 66.0 cm³/mol. The third kappa shape index (κ3) is 4.78. The molecule has 0 aromatic heterocycles. The largest absolute Gasteiger partial charge is 0.313 e. The first-order valence-electron chi connectivity index (χ1n) is 5.73. The zero-order chi connectivity index (χ0) is 12.2. The van der Waals surface area contributed by atoms with E-state index < -0.39 is 10.0 Å². The Balaban J connectivity index is 2.22. The minimum absolute atomic E-state index is 0.470. The van der Waals surface area contributed by atoms with E-state index in [1.165, 1.54) is 6.26 Å². The summed E-state index contributed by atoms with van der Waals surface area (Å²) < 4.78 is 24.2. The Labute approximate surface area is 98.8 Å². The topological polar surface area (TPSA) is 52.6 Å². The predicted octanol–water partition coefficient (Wildman–Crippen LogP) is -0.438. The molecule has 0 bridgehead atoms. The second-order valence-corrected chi connectivity index (χ2v) is 6.68. The molecule has 0 saturated carbocycles. The number of nitrogens with one attached hydrogen (secondary N) is 1. The van der Waals surface area contributed by atoms with Gasteiger partial charge >= 0.3 is 0 Å². The van der Waals surface area contributed by atoms with Crippen molar-refractivity contribution >= 4 is 10.0 Å². The lowest BCUT2D eigenvalue weighted by Gasteiger charge is -2.31. The molecule has 0 amide bonds. The van der Waals surface area contributed by atoms with Crippen molar-refractivity contribution in [1.82, 2.24) is 14.5 Å². The molecule has 0 aromatic rings. The van der Waals surface area contributed by atoms with Gasteiger partial charge in [0.2, 0.25) is 10.0 Å². The van der Waals surface area contributed by atoms with Crippen molar-refractivity contribution < 1.29 is 8.42 Å². The summed E-state index contributed by atoms with van der Waals surface area (Å²) in [6, 6.07) is 0.470. The molecule has 0 unspecified atom stereocenters. The minimum atomic E-state index is -2.99. The Hall–Kier alpha value is -0.170. The van der Waals surface area contributed by atoms with Gasteiger partial charge < -0.3 is 10.2 Å². The van der Waals surface area contributed by atoms with Crippen LogP contribution in [0.1, 0.15) is 12.8 Å². The van der Waals surface area contributed by atoms with Crippen LogP contribution in [0.15, 0.2) is 0 Å². The zero-order valence-corrected chi connectivity index (χ0v) is 11.3. The van der Waals surface area contributed by atoms with Crippen LogP contribution < -0.4 is 5.32 Å². The third-order valence-corrected chi connectivity index (χ3v) is 4.22. The highest BCUT2D eigenvalue weighted by Gasteiger charge is 2.24. The van der Waals surface area contributed by atoms with Crippen molar-refractivity contribution in [2.24, 2.45) is 0 Å². The molecule has 0 atom stereocenters. The van der Waals surface area contributed by atoms with E-state index in [1.807, 2.05) is 14.1 Å². The zero-order valence-electron chi connectivity index (χ0n) is 10.4. The maximum Gasteiger partial charge on any atom is 0.211 e. The van der Waals surface area contributed by atoms with Crippen LogP contribution in [0.3, 0.4) is 0 Å². The fraction of sp³-hybridized carbons (Fsp3) is 1.00. The van der Waals surface area contributed by atoms with Gasteiger partial charge in [0, 0.05) is 32.2 Å². The standard InChI is InChI=1S/C10H23N3O2S/c1-12(2)9-6-11-10-4-7-13(8-5-10)16(3,14)15/h10-11H,4-9H2,1-3H3. The molecule has 16 heavy (non-hydrogen) atoms. The van der Waals surface area contributed by atoms with Crippen LogP contribution in [0.5, 0.6) is 0 Å². The monoisotopic (exact) mass is 249 g/mol. The molecule has 0 spiro atoms. The maximum absolute atomic E-state index is 11.3. The molecule has 1 aliphatic heterocycles. The summed E-state index contributed by atoms with van der Waals surface area (Å²) in [5.41, 5.74) is 0. The van der Waals surface area contributed by atoms with Crippen molar-refractivity contribution in [3.05, 3.63) is 0 Å². The summed E-state index contributed by atoms with van der Waals surface area (Å²) in [6.07, 6.45) is 3.12. The SMILES string of the molecule is CN(C)CCNC1CCN(S(C)(=O)=O)CC1. The Morgan fingerprint density at radius 1 is 1.31 bits per heavy atom. The molecule has 96 valence electrons. The van der Waals surface area contributed by atoms with Gasteiger partial charge in [-0.05, 0) is 26.9 Å². The summed E-state index contributed by atoms with van der Waals surface area (Å²) in [7, 11) is 1.11. The molecular formula is C10H23N3O2S. The number of piperidine rings is 1. The summed E-state index contributed by atoms with van der Waals surface area (Å²) in [5.74, 6) is 0. The second-order valence-electron chi connectivity index (χ2n) is 4.69. The highest BCUT2D eigenvalue weighted by Crippen LogP contribution is 2.12. The summed E-state index contributed by atoms with van der Waals surface area (Å²) in [5, 5.41) is 3.46. The van der Waals surface area contributed by atoms with Gasteiger partial charge in [0.1, 0.15) is 0 Å². The molecule has 6 heteroatoms. The van der Waals surface area contributed by atoms with Crippen molar-refractivity contribution in [2.75, 3.05) is 46.5 Å². The number of nitrogens with zero attached hydrogens (tertiary/aromatic N) is 2. The molecule has 0 aliphatic carbocycles. The van der Waals surface area contributed by atoms with Gasteiger partial charge in [0.05, 0.1) is 6.26 Å². The summed E-state index contributed by atoms with van der Waals surface area (Å²) >= 11 is 0. The molecule has 0 aromatic carbocycles. The number of rotatable bonds is 5. The maximum atomic E-state index is 11.3. The molecule has 1 rings (SSSR count). The van der Waals surface area contributed by atoms with E-state index in [2.05, 4.69) is 10.2 Å². The Kier molecular flexibility index (Phi) is 5.17. The average Bonchev–Trinajstić information content (AvgIpc) is 2.16. The fourth-order valence-corrected chi connectivity index (χ4v) is 2.76. The lowest BCUT2D eigenvalue weighted by Crippen LogP contribution is -2.45. The van der Waals surface area contributed by atoms with Crippen LogP contribution in [-0.2, 0) is 10.0 Å². The van der Waals surface area contributed by atoms with Crippen molar-refractivity contribution in [3.63, 3.8) is 0 Å². The summed E-state index contributed by atoms with van der Waals surface area (Å²) in [6.45, 7) is 3.29. The van der Waals surface area contributed by atoms with Crippen molar-refractivity contribution in [3.8, 4) is 0 Å². The van der Waals surface area contributed by atoms with Gasteiger partial charge in [-0.25, -0.2) is 12.7 Å². The van der Waals surface area contributed by atoms with Gasteiger partial charge in [-0.1, -0.05) is 0 Å². The third-order valence-electron chi connectivity index (χ3n) is 2.91. The van der Waals surface area contributed by atoms with Crippen LogP contribution >= 0.6 is 0 Å². The highest BCUT2D eigenvalue weighted by molar-refractivity contribution is 7.88. The molecule has 1 fully saturated rings. The lowest BCUT2D eigenvalue weighted by molar-refractivity contribution is 0.282. The minimum Gasteiger partial charge on any atom is -0.313 e. The average molecular weight is 249 g/mol. The van der Waals surface area contributed by atoms with E-state index in [0.29, 0.717) is 19.1 Å². The second kappa shape index (κ2) is 5.95. The van der Waals surface area contributed by atoms with Crippen LogP contribution in [0.25, 0.3) is 0 Å². The lowest BCUT2D eigenvalue weighted by atomic mass is 10.1. The number of likely N-dealkylation sites (N-methyl/N-ethyl adjacent to an activating group) is 1. The summed E-state index contributed by atoms with van der Waals surface area (Å²) in [4.78, 5) is 2.14. The van der Waals surface area contributed by atoms with E-state index in [9.17, 15) is 8.42 Å². The first-order chi connectivity index (χ1) is 7.39. The Bertz CT molecular complexity index is 295. The van der Waals surface area contributed by atoms with Crippen LogP contribution in [-0.4, -0.2) is 70.2 Å². The van der Waals surface area contributed by atoms with E-state index in [4.69, 9.17) is 0 Å². The highest BCUT2D eigenvalue weighted by atomic mass is 32.2. The van der Waals surface area contributed by atoms with Crippen LogP contribution in [0.4, 0.5) is 0 Å². The van der Waals surface area contributed by atoms with Gasteiger partial charge in [-0.15, -0.1) is 0 Å². The molecule has 1 saturated heterocycles. The molecule has 5 nitrogen and oxygen atoms in total. The molecule has 0 radical (unpaired) electrons. The van der Waals surface area contributed by atoms with Gasteiger partial charge in [-0.3, -0.25) is 0 Å². The number of hydrogen-bond donors (Lipinski definition) is 1. The van der Waals surface area contributed by atoms with Crippen molar-refractivity contribution in [2.45, 2.75) is 18.9 Å². The smallest absolute Gasteiger partial charge is 0.211 e. The number of sulfonamides is 1. The van der Waals surface area contributed by atoms with Crippen LogP contribution in [0, 0.1) is 0 Å². The quantitative estimate of drug-likeness (QED) is 0.718. The van der Waals surface area contributed by atoms with Gasteiger partial charge in [0.15, 0.2) is 0 Å². The van der Waals surface area contributed by atoms with Gasteiger partial charge in [-0.2, -0.15) is 0 Å². The first kappa shape index (κ1) is 13.9. The normalized spacial score (nSPS) is 20.5. The van der Waals surface area contributed by atoms with E-state index in [1.54, 1.807) is 4.31 Å².